The van der Waals surface area contributed by atoms with Gasteiger partial charge in [-0.3, -0.25) is 4.79 Å². The van der Waals surface area contributed by atoms with Gasteiger partial charge < -0.3 is 14.2 Å². The van der Waals surface area contributed by atoms with E-state index in [9.17, 15) is 4.79 Å². The van der Waals surface area contributed by atoms with Gasteiger partial charge >= 0.3 is 5.97 Å². The van der Waals surface area contributed by atoms with Crippen molar-refractivity contribution in [3.05, 3.63) is 0 Å². The fourth-order valence-electron chi connectivity index (χ4n) is 1.78. The number of hydrogen-bond donors (Lipinski definition) is 0. The van der Waals surface area contributed by atoms with Crippen LogP contribution in [0.2, 0.25) is 0 Å². The molecule has 0 aromatic heterocycles. The highest BCUT2D eigenvalue weighted by Crippen LogP contribution is 2.25. The first-order valence-corrected chi connectivity index (χ1v) is 8.37. The van der Waals surface area contributed by atoms with Gasteiger partial charge in [0.15, 0.2) is 0 Å². The first-order chi connectivity index (χ1) is 9.34. The van der Waals surface area contributed by atoms with E-state index in [1.54, 1.807) is 7.11 Å². The van der Waals surface area contributed by atoms with Crippen molar-refractivity contribution in [2.24, 2.45) is 0 Å². The van der Waals surface area contributed by atoms with Crippen molar-refractivity contribution in [2.45, 2.75) is 64.6 Å². The molecule has 0 aromatic rings. The van der Waals surface area contributed by atoms with Gasteiger partial charge in [-0.1, -0.05) is 29.8 Å². The summed E-state index contributed by atoms with van der Waals surface area (Å²) in [6, 6.07) is 0. The lowest BCUT2D eigenvalue weighted by molar-refractivity contribution is -0.158. The van der Waals surface area contributed by atoms with Gasteiger partial charge in [0.05, 0.1) is 12.2 Å². The Morgan fingerprint density at radius 1 is 1.05 bits per heavy atom. The first kappa shape index (κ1) is 19.9. The molecular weight excluding hydrogens is 324 g/mol. The molecule has 0 aromatic carbocycles. The van der Waals surface area contributed by atoms with Crippen LogP contribution < -0.4 is 0 Å². The smallest absolute Gasteiger partial charge is 0.317 e. The fraction of sp³-hybridized carbons (Fsp3) is 0.933. The van der Waals surface area contributed by atoms with Crippen molar-refractivity contribution in [2.75, 3.05) is 25.7 Å². The second-order valence-corrected chi connectivity index (χ2v) is 6.12. The molecule has 20 heavy (non-hydrogen) atoms. The third-order valence-corrected chi connectivity index (χ3v) is 4.34. The highest BCUT2D eigenvalue weighted by atomic mass is 79.9. The highest BCUT2D eigenvalue weighted by molar-refractivity contribution is 9.09. The predicted molar refractivity (Wildman–Crippen MR) is 84.3 cm³/mol. The third kappa shape index (κ3) is 7.60. The molecule has 0 fully saturated rings. The van der Waals surface area contributed by atoms with E-state index in [4.69, 9.17) is 14.2 Å². The molecule has 0 amide bonds. The average Bonchev–Trinajstić information content (AvgIpc) is 2.45. The number of halogens is 1. The second kappa shape index (κ2) is 9.74. The lowest BCUT2D eigenvalue weighted by Gasteiger charge is -2.32. The molecule has 0 saturated carbocycles. The van der Waals surface area contributed by atoms with Gasteiger partial charge in [-0.05, 0) is 33.1 Å². The topological polar surface area (TPSA) is 44.8 Å². The Morgan fingerprint density at radius 2 is 1.60 bits per heavy atom. The van der Waals surface area contributed by atoms with Crippen LogP contribution in [0, 0.1) is 0 Å². The molecule has 0 N–H and O–H groups in total. The summed E-state index contributed by atoms with van der Waals surface area (Å²) in [5.74, 6) is -0.230. The summed E-state index contributed by atoms with van der Waals surface area (Å²) >= 11 is 3.12. The van der Waals surface area contributed by atoms with E-state index < -0.39 is 5.60 Å². The van der Waals surface area contributed by atoms with E-state index in [-0.39, 0.29) is 16.9 Å². The molecule has 120 valence electrons. The van der Waals surface area contributed by atoms with Crippen LogP contribution in [0.25, 0.3) is 0 Å². The van der Waals surface area contributed by atoms with Crippen molar-refractivity contribution in [1.29, 1.82) is 0 Å². The largest absolute Gasteiger partial charge is 0.459 e. The first-order valence-electron chi connectivity index (χ1n) is 7.25. The predicted octanol–water partition coefficient (Wildman–Crippen LogP) is 3.71. The summed E-state index contributed by atoms with van der Waals surface area (Å²) in [5, 5.41) is 0.226. The van der Waals surface area contributed by atoms with Gasteiger partial charge in [0, 0.05) is 20.1 Å². The Bertz CT molecular complexity index is 285. The Morgan fingerprint density at radius 3 is 2.05 bits per heavy atom. The average molecular weight is 353 g/mol. The molecule has 2 unspecified atom stereocenters. The standard InChI is InChI=1S/C15H29BrO4/c1-6-14(3,8-10-18-5)19-11-9-15(4,7-2)20-13(17)12-16/h6-12H2,1-5H3. The zero-order chi connectivity index (χ0) is 15.6. The number of rotatable bonds is 11. The maximum Gasteiger partial charge on any atom is 0.317 e. The lowest BCUT2D eigenvalue weighted by Crippen LogP contribution is -2.36. The van der Waals surface area contributed by atoms with Gasteiger partial charge in [0.2, 0.25) is 0 Å². The van der Waals surface area contributed by atoms with Crippen LogP contribution in [0.3, 0.4) is 0 Å². The number of carbonyl (C=O) groups is 1. The van der Waals surface area contributed by atoms with E-state index in [1.165, 1.54) is 0 Å². The number of hydrogen-bond acceptors (Lipinski definition) is 4. The summed E-state index contributed by atoms with van der Waals surface area (Å²) in [7, 11) is 1.70. The van der Waals surface area contributed by atoms with E-state index in [1.807, 2.05) is 13.8 Å². The number of esters is 1. The van der Waals surface area contributed by atoms with Crippen LogP contribution in [0.1, 0.15) is 53.4 Å². The van der Waals surface area contributed by atoms with Crippen molar-refractivity contribution in [3.8, 4) is 0 Å². The van der Waals surface area contributed by atoms with Gasteiger partial charge in [-0.15, -0.1) is 0 Å². The zero-order valence-electron chi connectivity index (χ0n) is 13.5. The molecule has 0 aliphatic heterocycles. The van der Waals surface area contributed by atoms with E-state index in [0.717, 1.165) is 19.3 Å². The summed E-state index contributed by atoms with van der Waals surface area (Å²) < 4.78 is 16.6. The Kier molecular flexibility index (Phi) is 9.68. The van der Waals surface area contributed by atoms with Gasteiger partial charge in [0.1, 0.15) is 10.9 Å². The second-order valence-electron chi connectivity index (χ2n) is 5.56. The molecule has 2 atom stereocenters. The van der Waals surface area contributed by atoms with Crippen molar-refractivity contribution >= 4 is 21.9 Å². The minimum Gasteiger partial charge on any atom is -0.459 e. The van der Waals surface area contributed by atoms with E-state index >= 15 is 0 Å². The number of alkyl halides is 1. The quantitative estimate of drug-likeness (QED) is 0.420. The summed E-state index contributed by atoms with van der Waals surface area (Å²) in [5.41, 5.74) is -0.634. The maximum absolute atomic E-state index is 11.4. The maximum atomic E-state index is 11.4. The molecule has 5 heteroatoms. The minimum atomic E-state index is -0.458. The highest BCUT2D eigenvalue weighted by Gasteiger charge is 2.29. The molecule has 4 nitrogen and oxygen atoms in total. The normalized spacial score (nSPS) is 17.3. The SMILES string of the molecule is CCC(C)(CCOC)OCCC(C)(CC)OC(=O)CBr. The van der Waals surface area contributed by atoms with E-state index in [0.29, 0.717) is 19.6 Å². The number of ether oxygens (including phenoxy) is 3. The van der Waals surface area contributed by atoms with Crippen molar-refractivity contribution in [3.63, 3.8) is 0 Å². The summed E-state index contributed by atoms with van der Waals surface area (Å²) in [6.07, 6.45) is 3.27. The van der Waals surface area contributed by atoms with Gasteiger partial charge in [0.25, 0.3) is 0 Å². The Labute approximate surface area is 131 Å². The molecule has 0 aliphatic carbocycles. The number of carbonyl (C=O) groups excluding carboxylic acids is 1. The van der Waals surface area contributed by atoms with Crippen LogP contribution >= 0.6 is 15.9 Å². The molecule has 0 aliphatic rings. The van der Waals surface area contributed by atoms with E-state index in [2.05, 4.69) is 29.8 Å². The third-order valence-electron chi connectivity index (χ3n) is 3.88. The van der Waals surface area contributed by atoms with Crippen LogP contribution in [0.5, 0.6) is 0 Å². The van der Waals surface area contributed by atoms with Crippen molar-refractivity contribution < 1.29 is 19.0 Å². The Hall–Kier alpha value is -0.130. The van der Waals surface area contributed by atoms with Crippen LogP contribution in [0.4, 0.5) is 0 Å². The molecule has 0 spiro atoms. The van der Waals surface area contributed by atoms with Gasteiger partial charge in [-0.25, -0.2) is 0 Å². The lowest BCUT2D eigenvalue weighted by atomic mass is 9.97. The number of methoxy groups -OCH3 is 1. The molecule has 0 saturated heterocycles. The summed E-state index contributed by atoms with van der Waals surface area (Å²) in [6.45, 7) is 9.45. The van der Waals surface area contributed by atoms with Crippen LogP contribution in [-0.2, 0) is 19.0 Å². The minimum absolute atomic E-state index is 0.176. The van der Waals surface area contributed by atoms with Crippen LogP contribution in [-0.4, -0.2) is 42.8 Å². The molecule has 0 heterocycles. The fourth-order valence-corrected chi connectivity index (χ4v) is 1.90. The Balaban J connectivity index is 4.31. The van der Waals surface area contributed by atoms with Crippen LogP contribution in [0.15, 0.2) is 0 Å². The molecule has 0 rings (SSSR count). The zero-order valence-corrected chi connectivity index (χ0v) is 15.0. The van der Waals surface area contributed by atoms with Gasteiger partial charge in [-0.2, -0.15) is 0 Å². The molecule has 0 radical (unpaired) electrons. The monoisotopic (exact) mass is 352 g/mol. The van der Waals surface area contributed by atoms with Crippen molar-refractivity contribution in [1.82, 2.24) is 0 Å². The molecular formula is C15H29BrO4. The molecule has 0 bridgehead atoms. The summed E-state index contributed by atoms with van der Waals surface area (Å²) in [4.78, 5) is 11.4.